The van der Waals surface area contributed by atoms with E-state index in [1.807, 2.05) is 0 Å². The van der Waals surface area contributed by atoms with Gasteiger partial charge in [-0.2, -0.15) is 0 Å². The summed E-state index contributed by atoms with van der Waals surface area (Å²) >= 11 is 0. The Morgan fingerprint density at radius 2 is 1.63 bits per heavy atom. The zero-order valence-electron chi connectivity index (χ0n) is 31.8. The molecule has 6 aliphatic carbocycles. The number of carboxylic acids is 1. The Morgan fingerprint density at radius 3 is 2.27 bits per heavy atom. The number of hydrogen-bond acceptors (Lipinski definition) is 6. The van der Waals surface area contributed by atoms with Crippen LogP contribution >= 0.6 is 0 Å². The first-order chi connectivity index (χ1) is 22.7. The van der Waals surface area contributed by atoms with E-state index in [-0.39, 0.29) is 57.9 Å². The molecule has 0 aromatic rings. The number of ketones is 1. The van der Waals surface area contributed by atoms with E-state index < -0.39 is 22.9 Å². The summed E-state index contributed by atoms with van der Waals surface area (Å²) < 4.78 is 11.9. The normalized spacial score (nSPS) is 39.8. The van der Waals surface area contributed by atoms with Crippen molar-refractivity contribution in [3.8, 4) is 0 Å². The van der Waals surface area contributed by atoms with Crippen molar-refractivity contribution in [2.24, 2.45) is 56.7 Å². The van der Waals surface area contributed by atoms with E-state index in [1.165, 1.54) is 24.0 Å². The van der Waals surface area contributed by atoms with E-state index in [4.69, 9.17) is 9.47 Å². The highest BCUT2D eigenvalue weighted by atomic mass is 16.6. The van der Waals surface area contributed by atoms with Crippen LogP contribution in [0.25, 0.3) is 0 Å². The van der Waals surface area contributed by atoms with Gasteiger partial charge in [-0.3, -0.25) is 14.4 Å². The van der Waals surface area contributed by atoms with Gasteiger partial charge in [0.25, 0.3) is 0 Å². The molecule has 0 spiro atoms. The van der Waals surface area contributed by atoms with Gasteiger partial charge < -0.3 is 19.9 Å². The third kappa shape index (κ3) is 5.77. The van der Waals surface area contributed by atoms with E-state index in [0.29, 0.717) is 30.8 Å². The monoisotopic (exact) mass is 681 g/mol. The molecule has 0 aromatic carbocycles. The van der Waals surface area contributed by atoms with Crippen LogP contribution < -0.4 is 5.32 Å². The lowest BCUT2D eigenvalue weighted by molar-refractivity contribution is -0.214. The molecule has 3 unspecified atom stereocenters. The van der Waals surface area contributed by atoms with Crippen LogP contribution in [0.2, 0.25) is 0 Å². The fourth-order valence-electron chi connectivity index (χ4n) is 12.4. The van der Waals surface area contributed by atoms with Crippen LogP contribution in [0.4, 0.5) is 4.79 Å². The highest BCUT2D eigenvalue weighted by Crippen LogP contribution is 2.75. The minimum absolute atomic E-state index is 0.0219. The lowest BCUT2D eigenvalue weighted by Crippen LogP contribution is -2.65. The van der Waals surface area contributed by atoms with E-state index in [0.717, 1.165) is 57.8 Å². The number of alkyl carbamates (subject to hydrolysis) is 1. The SMILES string of the molecule is CC(C)C1C(=O)C[C@]2(NC(=O)OCCC3CC3)CC[C@]3(C)C(=C12)CCC1[C@@]2(C)CC[C@H](OC(=O)CC(C)(C)C(=O)O)C(C)(C)C2CC[C@]13C. The second kappa shape index (κ2) is 12.1. The molecule has 0 aromatic heterocycles. The van der Waals surface area contributed by atoms with Gasteiger partial charge in [0, 0.05) is 17.8 Å². The molecular weight excluding hydrogens is 618 g/mol. The summed E-state index contributed by atoms with van der Waals surface area (Å²) in [7, 11) is 0. The Morgan fingerprint density at radius 1 is 0.939 bits per heavy atom. The van der Waals surface area contributed by atoms with Crippen molar-refractivity contribution in [2.45, 2.75) is 157 Å². The smallest absolute Gasteiger partial charge is 0.407 e. The average molecular weight is 682 g/mol. The van der Waals surface area contributed by atoms with Crippen LogP contribution in [-0.2, 0) is 23.9 Å². The standard InChI is InChI=1S/C41H63NO7/c1-24(2)32-27(43)22-41(42-35(47)48-21-16-25-10-11-25)20-19-39(8)26(33(32)41)12-13-29-38(7)17-15-30(49-31(44)23-36(3,4)34(45)46)37(5,6)28(38)14-18-40(29,39)9/h24-25,28-30,32H,10-23H2,1-9H3,(H,42,47)(H,45,46)/t28?,29?,30-,32?,38-,39+,40+,41+/m0/s1. The Labute approximate surface area is 294 Å². The molecule has 1 amide bonds. The van der Waals surface area contributed by atoms with Gasteiger partial charge in [0.15, 0.2) is 0 Å². The molecule has 8 heteroatoms. The first-order valence-corrected chi connectivity index (χ1v) is 19.4. The minimum Gasteiger partial charge on any atom is -0.481 e. The van der Waals surface area contributed by atoms with Gasteiger partial charge in [0.05, 0.1) is 24.0 Å². The van der Waals surface area contributed by atoms with E-state index >= 15 is 0 Å². The molecular formula is C41H63NO7. The number of carboxylic acid groups (broad SMARTS) is 1. The topological polar surface area (TPSA) is 119 Å². The van der Waals surface area contributed by atoms with Crippen LogP contribution in [0.3, 0.4) is 0 Å². The number of carbonyl (C=O) groups excluding carboxylic acids is 3. The van der Waals surface area contributed by atoms with Crippen molar-refractivity contribution in [2.75, 3.05) is 6.61 Å². The molecule has 6 aliphatic rings. The fourth-order valence-corrected chi connectivity index (χ4v) is 12.4. The van der Waals surface area contributed by atoms with E-state index in [1.54, 1.807) is 13.8 Å². The Bertz CT molecular complexity index is 1420. The van der Waals surface area contributed by atoms with Crippen LogP contribution in [0.1, 0.15) is 146 Å². The first-order valence-electron chi connectivity index (χ1n) is 19.4. The molecule has 0 bridgehead atoms. The third-order valence-corrected chi connectivity index (χ3v) is 15.5. The van der Waals surface area contributed by atoms with Crippen molar-refractivity contribution in [3.63, 3.8) is 0 Å². The molecule has 2 N–H and O–H groups in total. The van der Waals surface area contributed by atoms with Gasteiger partial charge in [0.1, 0.15) is 11.9 Å². The molecule has 0 radical (unpaired) electrons. The summed E-state index contributed by atoms with van der Waals surface area (Å²) in [4.78, 5) is 51.9. The first kappa shape index (κ1) is 36.4. The summed E-state index contributed by atoms with van der Waals surface area (Å²) in [5, 5.41) is 12.9. The zero-order chi connectivity index (χ0) is 35.9. The average Bonchev–Trinajstić information content (AvgIpc) is 3.75. The lowest BCUT2D eigenvalue weighted by Gasteiger charge is -2.70. The quantitative estimate of drug-likeness (QED) is 0.185. The number of Topliss-reactive ketones (excluding diaryl/α,β-unsaturated/α-hetero) is 1. The van der Waals surface area contributed by atoms with Gasteiger partial charge in [-0.15, -0.1) is 0 Å². The van der Waals surface area contributed by atoms with Gasteiger partial charge in [0.2, 0.25) is 0 Å². The summed E-state index contributed by atoms with van der Waals surface area (Å²) in [6, 6.07) is 0. The maximum atomic E-state index is 13.9. The summed E-state index contributed by atoms with van der Waals surface area (Å²) in [6.45, 7) is 19.9. The van der Waals surface area contributed by atoms with E-state index in [9.17, 15) is 24.3 Å². The molecule has 8 nitrogen and oxygen atoms in total. The number of amides is 1. The second-order valence-electron chi connectivity index (χ2n) is 19.5. The van der Waals surface area contributed by atoms with Crippen molar-refractivity contribution in [3.05, 3.63) is 11.1 Å². The number of hydrogen-bond donors (Lipinski definition) is 2. The Balaban J connectivity index is 1.28. The van der Waals surface area contributed by atoms with Crippen molar-refractivity contribution in [1.82, 2.24) is 5.32 Å². The number of aliphatic carboxylic acids is 1. The van der Waals surface area contributed by atoms with Gasteiger partial charge in [-0.1, -0.05) is 66.9 Å². The summed E-state index contributed by atoms with van der Waals surface area (Å²) in [5.41, 5.74) is 0.576. The molecule has 0 saturated heterocycles. The van der Waals surface area contributed by atoms with Crippen LogP contribution in [0, 0.1) is 56.7 Å². The third-order valence-electron chi connectivity index (χ3n) is 15.5. The minimum atomic E-state index is -1.16. The number of allylic oxidation sites excluding steroid dienone is 1. The fraction of sp³-hybridized carbons (Fsp3) is 0.854. The number of fused-ring (bicyclic) bond motifs is 6. The highest BCUT2D eigenvalue weighted by molar-refractivity contribution is 5.92. The van der Waals surface area contributed by atoms with Gasteiger partial charge in [-0.05, 0) is 117 Å². The Kier molecular flexibility index (Phi) is 9.00. The molecule has 5 fully saturated rings. The number of carbonyl (C=O) groups is 4. The predicted octanol–water partition coefficient (Wildman–Crippen LogP) is 8.66. The molecule has 0 heterocycles. The Hall–Kier alpha value is -2.38. The van der Waals surface area contributed by atoms with Crippen LogP contribution in [0.5, 0.6) is 0 Å². The highest BCUT2D eigenvalue weighted by Gasteiger charge is 2.69. The molecule has 6 rings (SSSR count). The molecule has 274 valence electrons. The number of rotatable bonds is 9. The van der Waals surface area contributed by atoms with Gasteiger partial charge in [-0.25, -0.2) is 4.79 Å². The summed E-state index contributed by atoms with van der Waals surface area (Å²) in [5.74, 6) is 0.343. The lowest BCUT2D eigenvalue weighted by atomic mass is 9.34. The van der Waals surface area contributed by atoms with Crippen molar-refractivity contribution < 1.29 is 33.8 Å². The van der Waals surface area contributed by atoms with E-state index in [2.05, 4.69) is 53.8 Å². The molecule has 49 heavy (non-hydrogen) atoms. The predicted molar refractivity (Wildman–Crippen MR) is 187 cm³/mol. The van der Waals surface area contributed by atoms with Crippen LogP contribution in [-0.4, -0.2) is 47.2 Å². The summed E-state index contributed by atoms with van der Waals surface area (Å²) in [6.07, 6.45) is 10.5. The van der Waals surface area contributed by atoms with Crippen molar-refractivity contribution in [1.29, 1.82) is 0 Å². The van der Waals surface area contributed by atoms with Gasteiger partial charge >= 0.3 is 18.0 Å². The molecule has 8 atom stereocenters. The molecule has 0 aliphatic heterocycles. The maximum Gasteiger partial charge on any atom is 0.407 e. The molecule has 5 saturated carbocycles. The largest absolute Gasteiger partial charge is 0.481 e. The second-order valence-corrected chi connectivity index (χ2v) is 19.5. The number of nitrogens with one attached hydrogen (secondary N) is 1. The number of esters is 1. The zero-order valence-corrected chi connectivity index (χ0v) is 31.8. The number of ether oxygens (including phenoxy) is 2. The van der Waals surface area contributed by atoms with Crippen molar-refractivity contribution >= 4 is 23.8 Å². The van der Waals surface area contributed by atoms with Crippen LogP contribution in [0.15, 0.2) is 11.1 Å². The maximum absolute atomic E-state index is 13.9.